The van der Waals surface area contributed by atoms with Gasteiger partial charge in [-0.1, -0.05) is 15.9 Å². The lowest BCUT2D eigenvalue weighted by molar-refractivity contribution is 0.527. The van der Waals surface area contributed by atoms with Crippen molar-refractivity contribution in [3.8, 4) is 0 Å². The molecule has 3 aromatic rings. The first-order valence-electron chi connectivity index (χ1n) is 6.45. The quantitative estimate of drug-likeness (QED) is 0.584. The smallest absolute Gasteiger partial charge is 0.282 e. The molecule has 0 atom stereocenters. The van der Waals surface area contributed by atoms with Gasteiger partial charge >= 0.3 is 0 Å². The number of furan rings is 1. The molecule has 5 nitrogen and oxygen atoms in total. The van der Waals surface area contributed by atoms with Crippen molar-refractivity contribution in [2.45, 2.75) is 13.8 Å². The van der Waals surface area contributed by atoms with Crippen LogP contribution >= 0.6 is 31.9 Å². The van der Waals surface area contributed by atoms with E-state index in [1.807, 2.05) is 19.1 Å². The molecule has 22 heavy (non-hydrogen) atoms. The Hall–Kier alpha value is -1.73. The van der Waals surface area contributed by atoms with Crippen molar-refractivity contribution in [2.75, 3.05) is 0 Å². The molecule has 112 valence electrons. The average Bonchev–Trinajstić information content (AvgIpc) is 2.86. The van der Waals surface area contributed by atoms with Crippen molar-refractivity contribution in [2.24, 2.45) is 5.10 Å². The van der Waals surface area contributed by atoms with Crippen molar-refractivity contribution in [3.63, 3.8) is 0 Å². The summed E-state index contributed by atoms with van der Waals surface area (Å²) in [6, 6.07) is 7.22. The third-order valence-electron chi connectivity index (χ3n) is 3.09. The van der Waals surface area contributed by atoms with Gasteiger partial charge < -0.3 is 4.42 Å². The molecular weight excluding hydrogens is 414 g/mol. The van der Waals surface area contributed by atoms with Gasteiger partial charge in [0.15, 0.2) is 0 Å². The van der Waals surface area contributed by atoms with Crippen LogP contribution in [0.25, 0.3) is 10.9 Å². The molecule has 1 aromatic carbocycles. The molecule has 0 spiro atoms. The van der Waals surface area contributed by atoms with Crippen LogP contribution in [0.4, 0.5) is 0 Å². The molecule has 0 radical (unpaired) electrons. The second kappa shape index (κ2) is 5.81. The number of aryl methyl sites for hydroxylation is 2. The van der Waals surface area contributed by atoms with Crippen LogP contribution < -0.4 is 5.56 Å². The van der Waals surface area contributed by atoms with Gasteiger partial charge in [0.25, 0.3) is 5.56 Å². The van der Waals surface area contributed by atoms with Crippen LogP contribution in [0.5, 0.6) is 0 Å². The summed E-state index contributed by atoms with van der Waals surface area (Å²) in [5, 5.41) is 4.68. The summed E-state index contributed by atoms with van der Waals surface area (Å²) >= 11 is 6.80. The van der Waals surface area contributed by atoms with Crippen molar-refractivity contribution >= 4 is 49.0 Å². The van der Waals surface area contributed by atoms with E-state index in [0.717, 1.165) is 14.7 Å². The fraction of sp³-hybridized carbons (Fsp3) is 0.133. The van der Waals surface area contributed by atoms with E-state index < -0.39 is 0 Å². The zero-order valence-corrected chi connectivity index (χ0v) is 15.0. The topological polar surface area (TPSA) is 60.4 Å². The van der Waals surface area contributed by atoms with Crippen LogP contribution in [0.2, 0.25) is 0 Å². The summed E-state index contributed by atoms with van der Waals surface area (Å²) in [4.78, 5) is 17.1. The van der Waals surface area contributed by atoms with Crippen LogP contribution in [0.1, 0.15) is 17.3 Å². The van der Waals surface area contributed by atoms with E-state index >= 15 is 0 Å². The standard InChI is InChI=1S/C15H11Br2N3O2/c1-8-3-4-11(22-8)7-18-20-9(2)19-14-12(15(20)21)5-10(16)6-13(14)17/h3-7H,1-2H3/b18-7+. The molecule has 2 aromatic heterocycles. The van der Waals surface area contributed by atoms with Gasteiger partial charge in [-0.25, -0.2) is 4.98 Å². The number of nitrogens with zero attached hydrogens (tertiary/aromatic N) is 3. The Labute approximate surface area is 142 Å². The van der Waals surface area contributed by atoms with E-state index in [2.05, 4.69) is 41.9 Å². The van der Waals surface area contributed by atoms with Crippen LogP contribution in [0, 0.1) is 13.8 Å². The lowest BCUT2D eigenvalue weighted by Crippen LogP contribution is -2.20. The van der Waals surface area contributed by atoms with Crippen molar-refractivity contribution in [1.82, 2.24) is 9.66 Å². The minimum Gasteiger partial charge on any atom is -0.460 e. The first kappa shape index (κ1) is 15.2. The maximum Gasteiger partial charge on any atom is 0.282 e. The van der Waals surface area contributed by atoms with Gasteiger partial charge in [0.2, 0.25) is 0 Å². The highest BCUT2D eigenvalue weighted by Gasteiger charge is 2.11. The maximum atomic E-state index is 12.6. The Kier molecular flexibility index (Phi) is 4.01. The molecule has 0 fully saturated rings. The fourth-order valence-electron chi connectivity index (χ4n) is 2.09. The Morgan fingerprint density at radius 2 is 2.05 bits per heavy atom. The number of halogens is 2. The number of aromatic nitrogens is 2. The molecular formula is C15H11Br2N3O2. The second-order valence-electron chi connectivity index (χ2n) is 4.75. The number of benzene rings is 1. The fourth-order valence-corrected chi connectivity index (χ4v) is 3.40. The molecule has 0 saturated carbocycles. The highest BCUT2D eigenvalue weighted by molar-refractivity contribution is 9.11. The molecule has 7 heteroatoms. The predicted octanol–water partition coefficient (Wildman–Crippen LogP) is 4.01. The largest absolute Gasteiger partial charge is 0.460 e. The normalized spacial score (nSPS) is 11.6. The molecule has 0 bridgehead atoms. The number of rotatable bonds is 2. The van der Waals surface area contributed by atoms with E-state index in [4.69, 9.17) is 4.42 Å². The molecule has 0 saturated heterocycles. The summed E-state index contributed by atoms with van der Waals surface area (Å²) in [5.74, 6) is 1.87. The third-order valence-corrected chi connectivity index (χ3v) is 4.16. The van der Waals surface area contributed by atoms with Crippen molar-refractivity contribution in [1.29, 1.82) is 0 Å². The number of hydrogen-bond acceptors (Lipinski definition) is 4. The molecule has 2 heterocycles. The lowest BCUT2D eigenvalue weighted by atomic mass is 10.2. The average molecular weight is 425 g/mol. The summed E-state index contributed by atoms with van der Waals surface area (Å²) < 4.78 is 8.23. The van der Waals surface area contributed by atoms with E-state index in [-0.39, 0.29) is 5.56 Å². The van der Waals surface area contributed by atoms with E-state index in [0.29, 0.717) is 22.5 Å². The van der Waals surface area contributed by atoms with Gasteiger partial charge in [0.1, 0.15) is 17.3 Å². The summed E-state index contributed by atoms with van der Waals surface area (Å²) in [7, 11) is 0. The molecule has 3 rings (SSSR count). The molecule has 0 aliphatic carbocycles. The van der Waals surface area contributed by atoms with Gasteiger partial charge in [-0.15, -0.1) is 0 Å². The summed E-state index contributed by atoms with van der Waals surface area (Å²) in [6.45, 7) is 3.58. The Morgan fingerprint density at radius 1 is 1.27 bits per heavy atom. The molecule has 0 unspecified atom stereocenters. The SMILES string of the molecule is Cc1ccc(/C=N/n2c(C)nc3c(Br)cc(Br)cc3c2=O)o1. The molecule has 0 N–H and O–H groups in total. The van der Waals surface area contributed by atoms with Gasteiger partial charge in [0, 0.05) is 8.95 Å². The van der Waals surface area contributed by atoms with Crippen LogP contribution in [-0.2, 0) is 0 Å². The minimum atomic E-state index is -0.232. The number of hydrogen-bond donors (Lipinski definition) is 0. The van der Waals surface area contributed by atoms with Crippen LogP contribution in [-0.4, -0.2) is 15.9 Å². The van der Waals surface area contributed by atoms with E-state index in [9.17, 15) is 4.79 Å². The Morgan fingerprint density at radius 3 is 2.73 bits per heavy atom. The highest BCUT2D eigenvalue weighted by Crippen LogP contribution is 2.25. The monoisotopic (exact) mass is 423 g/mol. The van der Waals surface area contributed by atoms with Gasteiger partial charge in [-0.2, -0.15) is 9.78 Å². The summed E-state index contributed by atoms with van der Waals surface area (Å²) in [6.07, 6.45) is 1.50. The molecule has 0 aliphatic rings. The van der Waals surface area contributed by atoms with Crippen molar-refractivity contribution < 1.29 is 4.42 Å². The van der Waals surface area contributed by atoms with Crippen LogP contribution in [0.15, 0.2) is 47.5 Å². The van der Waals surface area contributed by atoms with Crippen molar-refractivity contribution in [3.05, 3.63) is 60.9 Å². The minimum absolute atomic E-state index is 0.232. The van der Waals surface area contributed by atoms with E-state index in [1.165, 1.54) is 10.9 Å². The molecule has 0 amide bonds. The first-order chi connectivity index (χ1) is 10.5. The van der Waals surface area contributed by atoms with Crippen LogP contribution in [0.3, 0.4) is 0 Å². The van der Waals surface area contributed by atoms with Gasteiger partial charge in [-0.05, 0) is 54.0 Å². The Bertz CT molecular complexity index is 957. The highest BCUT2D eigenvalue weighted by atomic mass is 79.9. The summed E-state index contributed by atoms with van der Waals surface area (Å²) in [5.41, 5.74) is 0.384. The predicted molar refractivity (Wildman–Crippen MR) is 92.6 cm³/mol. The zero-order valence-electron chi connectivity index (χ0n) is 11.8. The first-order valence-corrected chi connectivity index (χ1v) is 8.03. The third kappa shape index (κ3) is 2.78. The maximum absolute atomic E-state index is 12.6. The van der Waals surface area contributed by atoms with E-state index in [1.54, 1.807) is 19.1 Å². The van der Waals surface area contributed by atoms with Gasteiger partial charge in [0.05, 0.1) is 17.1 Å². The Balaban J connectivity index is 2.18. The zero-order chi connectivity index (χ0) is 15.9. The molecule has 0 aliphatic heterocycles. The second-order valence-corrected chi connectivity index (χ2v) is 6.52. The van der Waals surface area contributed by atoms with Gasteiger partial charge in [-0.3, -0.25) is 4.79 Å². The lowest BCUT2D eigenvalue weighted by Gasteiger charge is -2.07. The number of fused-ring (bicyclic) bond motifs is 1.